The van der Waals surface area contributed by atoms with Crippen molar-refractivity contribution >= 4 is 16.1 Å². The molecule has 0 aromatic heterocycles. The minimum atomic E-state index is -3.05. The zero-order chi connectivity index (χ0) is 16.3. The van der Waals surface area contributed by atoms with Crippen LogP contribution in [0.3, 0.4) is 0 Å². The standard InChI is InChI=1S/C17H24N2O3S/c1-23(20,21)13-19-12-16(11-18-19)17(14-5-3-2-4-6-14)15-7-9-22-10-8-15/h2-6,11,15-17H,7-10,12-13H2,1H3. The molecule has 0 radical (unpaired) electrons. The smallest absolute Gasteiger partial charge is 0.167 e. The van der Waals surface area contributed by atoms with E-state index < -0.39 is 9.84 Å². The fraction of sp³-hybridized carbons (Fsp3) is 0.588. The van der Waals surface area contributed by atoms with Gasteiger partial charge in [0.15, 0.2) is 9.84 Å². The van der Waals surface area contributed by atoms with Crippen molar-refractivity contribution in [1.29, 1.82) is 0 Å². The second-order valence-electron chi connectivity index (χ2n) is 6.56. The van der Waals surface area contributed by atoms with Gasteiger partial charge in [-0.25, -0.2) is 8.42 Å². The van der Waals surface area contributed by atoms with Crippen molar-refractivity contribution in [3.05, 3.63) is 35.9 Å². The van der Waals surface area contributed by atoms with Gasteiger partial charge < -0.3 is 4.74 Å². The van der Waals surface area contributed by atoms with Crippen LogP contribution in [0.2, 0.25) is 0 Å². The van der Waals surface area contributed by atoms with Crippen molar-refractivity contribution in [2.45, 2.75) is 18.8 Å². The fourth-order valence-electron chi connectivity index (χ4n) is 3.70. The third-order valence-corrected chi connectivity index (χ3v) is 5.41. The predicted octanol–water partition coefficient (Wildman–Crippen LogP) is 2.12. The number of ether oxygens (including phenoxy) is 1. The Hall–Kier alpha value is -1.40. The molecule has 3 rings (SSSR count). The number of sulfone groups is 1. The van der Waals surface area contributed by atoms with E-state index in [2.05, 4.69) is 29.4 Å². The summed E-state index contributed by atoms with van der Waals surface area (Å²) in [6.07, 6.45) is 5.30. The molecular weight excluding hydrogens is 312 g/mol. The van der Waals surface area contributed by atoms with Crippen molar-refractivity contribution in [2.24, 2.45) is 16.9 Å². The molecule has 2 heterocycles. The van der Waals surface area contributed by atoms with Crippen molar-refractivity contribution in [1.82, 2.24) is 5.01 Å². The summed E-state index contributed by atoms with van der Waals surface area (Å²) < 4.78 is 28.5. The second kappa shape index (κ2) is 7.01. The van der Waals surface area contributed by atoms with Crippen LogP contribution in [0.25, 0.3) is 0 Å². The van der Waals surface area contributed by atoms with E-state index in [9.17, 15) is 8.42 Å². The lowest BCUT2D eigenvalue weighted by Crippen LogP contribution is -2.32. The molecule has 6 heteroatoms. The zero-order valence-corrected chi connectivity index (χ0v) is 14.3. The Morgan fingerprint density at radius 3 is 2.61 bits per heavy atom. The summed E-state index contributed by atoms with van der Waals surface area (Å²) in [4.78, 5) is 0. The van der Waals surface area contributed by atoms with Crippen LogP contribution in [0.1, 0.15) is 24.3 Å². The van der Waals surface area contributed by atoms with Crippen molar-refractivity contribution in [3.63, 3.8) is 0 Å². The maximum atomic E-state index is 11.5. The van der Waals surface area contributed by atoms with E-state index in [0.717, 1.165) is 26.1 Å². The molecule has 5 nitrogen and oxygen atoms in total. The van der Waals surface area contributed by atoms with E-state index in [-0.39, 0.29) is 11.8 Å². The summed E-state index contributed by atoms with van der Waals surface area (Å²) in [5.41, 5.74) is 1.32. The molecule has 0 spiro atoms. The summed E-state index contributed by atoms with van der Waals surface area (Å²) in [5.74, 6) is 1.17. The van der Waals surface area contributed by atoms with Gasteiger partial charge in [-0.1, -0.05) is 30.3 Å². The second-order valence-corrected chi connectivity index (χ2v) is 8.67. The van der Waals surface area contributed by atoms with E-state index in [1.54, 1.807) is 5.01 Å². The summed E-state index contributed by atoms with van der Waals surface area (Å²) in [5, 5.41) is 6.02. The highest BCUT2D eigenvalue weighted by atomic mass is 32.2. The van der Waals surface area contributed by atoms with Gasteiger partial charge in [-0.2, -0.15) is 5.10 Å². The van der Waals surface area contributed by atoms with Crippen LogP contribution in [0.5, 0.6) is 0 Å². The molecule has 1 aromatic carbocycles. The SMILES string of the molecule is CS(=O)(=O)CN1CC(C(c2ccccc2)C2CCOCC2)C=N1. The normalized spacial score (nSPS) is 24.0. The molecule has 2 aliphatic heterocycles. The third-order valence-electron chi connectivity index (χ3n) is 4.65. The molecule has 0 amide bonds. The highest BCUT2D eigenvalue weighted by Crippen LogP contribution is 2.39. The minimum Gasteiger partial charge on any atom is -0.381 e. The molecule has 0 bridgehead atoms. The molecule has 126 valence electrons. The predicted molar refractivity (Wildman–Crippen MR) is 91.1 cm³/mol. The third kappa shape index (κ3) is 4.32. The quantitative estimate of drug-likeness (QED) is 0.826. The summed E-state index contributed by atoms with van der Waals surface area (Å²) >= 11 is 0. The van der Waals surface area contributed by atoms with E-state index in [1.165, 1.54) is 11.8 Å². The Kier molecular flexibility index (Phi) is 5.02. The molecule has 2 aliphatic rings. The van der Waals surface area contributed by atoms with E-state index in [1.807, 2.05) is 12.3 Å². The van der Waals surface area contributed by atoms with Crippen molar-refractivity contribution < 1.29 is 13.2 Å². The Balaban J connectivity index is 1.78. The Morgan fingerprint density at radius 1 is 1.26 bits per heavy atom. The first-order valence-electron chi connectivity index (χ1n) is 8.12. The van der Waals surface area contributed by atoms with Gasteiger partial charge in [0.25, 0.3) is 0 Å². The van der Waals surface area contributed by atoms with E-state index in [4.69, 9.17) is 4.74 Å². The molecular formula is C17H24N2O3S. The van der Waals surface area contributed by atoms with Gasteiger partial charge >= 0.3 is 0 Å². The highest BCUT2D eigenvalue weighted by molar-refractivity contribution is 7.90. The molecule has 0 aliphatic carbocycles. The molecule has 0 N–H and O–H groups in total. The lowest BCUT2D eigenvalue weighted by atomic mass is 9.74. The summed E-state index contributed by atoms with van der Waals surface area (Å²) in [6, 6.07) is 10.5. The van der Waals surface area contributed by atoms with Crippen LogP contribution in [0.4, 0.5) is 0 Å². The topological polar surface area (TPSA) is 59.0 Å². The number of hydrogen-bond donors (Lipinski definition) is 0. The molecule has 2 unspecified atom stereocenters. The first-order chi connectivity index (χ1) is 11.0. The van der Waals surface area contributed by atoms with Gasteiger partial charge in [0.05, 0.1) is 0 Å². The number of benzene rings is 1. The van der Waals surface area contributed by atoms with Gasteiger partial charge in [0.1, 0.15) is 5.88 Å². The number of hydrazone groups is 1. The zero-order valence-electron chi connectivity index (χ0n) is 13.5. The first-order valence-corrected chi connectivity index (χ1v) is 10.2. The number of rotatable bonds is 5. The Bertz CT molecular complexity index is 639. The van der Waals surface area contributed by atoms with Crippen LogP contribution < -0.4 is 0 Å². The van der Waals surface area contributed by atoms with Crippen LogP contribution in [0, 0.1) is 11.8 Å². The van der Waals surface area contributed by atoms with Crippen molar-refractivity contribution in [2.75, 3.05) is 31.9 Å². The largest absolute Gasteiger partial charge is 0.381 e. The average Bonchev–Trinajstić information content (AvgIpc) is 2.96. The van der Waals surface area contributed by atoms with Gasteiger partial charge in [-0.3, -0.25) is 5.01 Å². The Labute approximate surface area is 138 Å². The van der Waals surface area contributed by atoms with Crippen molar-refractivity contribution in [3.8, 4) is 0 Å². The molecule has 23 heavy (non-hydrogen) atoms. The average molecular weight is 336 g/mol. The van der Waals surface area contributed by atoms with Gasteiger partial charge in [-0.15, -0.1) is 0 Å². The molecule has 1 aromatic rings. The van der Waals surface area contributed by atoms with Gasteiger partial charge in [0.2, 0.25) is 0 Å². The number of nitrogens with zero attached hydrogens (tertiary/aromatic N) is 2. The first kappa shape index (κ1) is 16.5. The molecule has 2 atom stereocenters. The maximum absolute atomic E-state index is 11.5. The molecule has 1 saturated heterocycles. The van der Waals surface area contributed by atoms with Gasteiger partial charge in [-0.05, 0) is 30.2 Å². The van der Waals surface area contributed by atoms with Gasteiger partial charge in [0, 0.05) is 38.1 Å². The molecule has 1 fully saturated rings. The minimum absolute atomic E-state index is 0.00468. The summed E-state index contributed by atoms with van der Waals surface area (Å²) in [6.45, 7) is 2.29. The molecule has 0 saturated carbocycles. The van der Waals surface area contributed by atoms with Crippen LogP contribution in [0.15, 0.2) is 35.4 Å². The highest BCUT2D eigenvalue weighted by Gasteiger charge is 2.35. The van der Waals surface area contributed by atoms with Crippen LogP contribution >= 0.6 is 0 Å². The fourth-order valence-corrected chi connectivity index (χ4v) is 4.41. The van der Waals surface area contributed by atoms with Crippen LogP contribution in [-0.2, 0) is 14.6 Å². The Morgan fingerprint density at radius 2 is 1.96 bits per heavy atom. The monoisotopic (exact) mass is 336 g/mol. The lowest BCUT2D eigenvalue weighted by Gasteiger charge is -2.34. The summed E-state index contributed by atoms with van der Waals surface area (Å²) in [7, 11) is -3.05. The van der Waals surface area contributed by atoms with E-state index >= 15 is 0 Å². The van der Waals surface area contributed by atoms with E-state index in [0.29, 0.717) is 18.4 Å². The van der Waals surface area contributed by atoms with Crippen LogP contribution in [-0.4, -0.2) is 51.5 Å². The lowest BCUT2D eigenvalue weighted by molar-refractivity contribution is 0.0532. The number of hydrogen-bond acceptors (Lipinski definition) is 5. The maximum Gasteiger partial charge on any atom is 0.167 e.